The normalized spacial score (nSPS) is 23.3. The van der Waals surface area contributed by atoms with Gasteiger partial charge in [-0.05, 0) is 172 Å². The van der Waals surface area contributed by atoms with Gasteiger partial charge in [0.05, 0.1) is 40.5 Å². The molecule has 3 aliphatic heterocycles. The summed E-state index contributed by atoms with van der Waals surface area (Å²) in [7, 11) is -4.26. The molecular formula is C69H83N10O16PS. The van der Waals surface area contributed by atoms with E-state index in [4.69, 9.17) is 34.8 Å². The lowest BCUT2D eigenvalue weighted by atomic mass is 9.39. The maximum atomic E-state index is 13.8. The Bertz CT molecular complexity index is 4110. The highest BCUT2D eigenvalue weighted by molar-refractivity contribution is 7.51. The number of anilines is 3. The third-order valence-electron chi connectivity index (χ3n) is 19.8. The van der Waals surface area contributed by atoms with Crippen LogP contribution in [0.1, 0.15) is 121 Å². The van der Waals surface area contributed by atoms with Crippen LogP contribution >= 0.6 is 18.9 Å². The molecule has 97 heavy (non-hydrogen) atoms. The number of pyridine rings is 1. The number of amides is 2. The lowest BCUT2D eigenvalue weighted by molar-refractivity contribution is -0.249. The fourth-order valence-electron chi connectivity index (χ4n) is 16.7. The molecule has 26 nitrogen and oxygen atoms in total. The number of likely N-dealkylation sites (tertiary alicyclic amines) is 1. The number of thiazole rings is 1. The number of para-hydroxylation sites is 1. The number of nitrogens with zero attached hydrogens (tertiary/aromatic N) is 7. The molecule has 5 atom stereocenters. The van der Waals surface area contributed by atoms with Crippen LogP contribution in [0.15, 0.2) is 108 Å². The Kier molecular flexibility index (Phi) is 19.6. The monoisotopic (exact) mass is 1370 g/mol. The van der Waals surface area contributed by atoms with Crippen molar-refractivity contribution in [1.82, 2.24) is 29.5 Å². The van der Waals surface area contributed by atoms with Crippen LogP contribution in [0.5, 0.6) is 5.75 Å². The molecule has 1 saturated heterocycles. The number of hydrogen-bond acceptors (Lipinski definition) is 20. The average molecular weight is 1370 g/mol. The van der Waals surface area contributed by atoms with Crippen LogP contribution in [0.3, 0.4) is 0 Å². The number of carbonyl (C=O) groups is 4. The summed E-state index contributed by atoms with van der Waals surface area (Å²) < 4.78 is 38.9. The zero-order valence-corrected chi connectivity index (χ0v) is 56.2. The minimum Gasteiger partial charge on any atom is -0.503 e. The van der Waals surface area contributed by atoms with Gasteiger partial charge in [0.1, 0.15) is 18.2 Å². The number of aromatic nitrogens is 4. The first-order valence-corrected chi connectivity index (χ1v) is 35.4. The summed E-state index contributed by atoms with van der Waals surface area (Å²) >= 11 is 1.41. The summed E-state index contributed by atoms with van der Waals surface area (Å²) in [6.45, 7) is 11.2. The van der Waals surface area contributed by atoms with Crippen molar-refractivity contribution in [1.29, 1.82) is 0 Å². The van der Waals surface area contributed by atoms with E-state index in [0.717, 1.165) is 65.6 Å². The number of nitrogens with two attached hydrogens (primary N) is 1. The highest BCUT2D eigenvalue weighted by Gasteiger charge is 2.66. The third-order valence-corrected chi connectivity index (χ3v) is 21.6. The summed E-state index contributed by atoms with van der Waals surface area (Å²) in [6.07, 6.45) is 11.0. The molecule has 3 aromatic heterocycles. The minimum absolute atomic E-state index is 0.00223. The number of fused-ring (bicyclic) bond motifs is 2. The predicted molar refractivity (Wildman–Crippen MR) is 363 cm³/mol. The van der Waals surface area contributed by atoms with E-state index in [1.807, 2.05) is 65.0 Å². The highest BCUT2D eigenvalue weighted by Crippen LogP contribution is 2.72. The summed E-state index contributed by atoms with van der Waals surface area (Å²) in [5, 5.41) is 62.4. The standard InChI is InChI=1S/C69H83N10O16PS/c1-42-48(46-16-18-54(74-55(46)61(84)85)78-25-19-44-11-6-12-47(49(44)34-78)60(83)75-64-73-50-13-4-5-14-53(50)97-64)33-72-79(42)41-68-36-66(2)35-67(3,37-68)39-69(38-66,40-68)93-30-28-76(24-9-31-96(89,90)91)45-20-26-77(27-21-45)65(88)92-29-7-10-43-15-17-52(51(32-43)71-23-8-22-70)94-63-58(82)56(80)57(81)59(95-63)62(86)87/h4-7,10-18,32-33,45,63,71,80-82H,8-9,19-31,34-41,70H2,1-3H3,(H,84,85)(H,86,87)(H,73,75,83)(H2,89,90,91)/b10-7+/t63-,66-,67?,68?,69+/m0/s1. The zero-order valence-electron chi connectivity index (χ0n) is 54.4. The number of hydrogen-bond donors (Lipinski definition) is 10. The SMILES string of the molecule is Cc1c(-c2ccc(N3CCc4cccc(C(=O)Nc5nc6ccccc6s5)c4C3)nc2C(=O)O)cnn1CC12CC3(C)C[C@@](C)(C1)C[C@@](OCCN(CCCP(=O)(O)O)C1CCN(C(=O)OC/C=C/c4ccc(O[C@H]5OC(C(=O)O)=C(O)C(O)=C5O)c(NCCCN)c4)CC1)(C3)C2. The van der Waals surface area contributed by atoms with Crippen molar-refractivity contribution in [3.63, 3.8) is 0 Å². The molecule has 28 heteroatoms. The predicted octanol–water partition coefficient (Wildman–Crippen LogP) is 10.4. The van der Waals surface area contributed by atoms with E-state index in [2.05, 4.69) is 34.4 Å². The van der Waals surface area contributed by atoms with Gasteiger partial charge in [-0.15, -0.1) is 0 Å². The molecule has 5 fully saturated rings. The molecular weight excluding hydrogens is 1290 g/mol. The van der Waals surface area contributed by atoms with Crippen molar-refractivity contribution in [3.8, 4) is 16.9 Å². The van der Waals surface area contributed by atoms with E-state index in [1.165, 1.54) is 17.4 Å². The van der Waals surface area contributed by atoms with Crippen molar-refractivity contribution in [3.05, 3.63) is 142 Å². The first kappa shape index (κ1) is 68.4. The van der Waals surface area contributed by atoms with E-state index in [1.54, 1.807) is 41.4 Å². The van der Waals surface area contributed by atoms with Gasteiger partial charge in [-0.25, -0.2) is 24.4 Å². The van der Waals surface area contributed by atoms with Gasteiger partial charge in [0.25, 0.3) is 11.7 Å². The molecule has 13 rings (SSSR count). The second-order valence-corrected chi connectivity index (χ2v) is 30.3. The number of ether oxygens (including phenoxy) is 4. The molecule has 7 aliphatic rings. The van der Waals surface area contributed by atoms with Crippen molar-refractivity contribution in [2.45, 2.75) is 122 Å². The number of nitrogens with one attached hydrogen (secondary N) is 2. The van der Waals surface area contributed by atoms with Crippen molar-refractivity contribution < 1.29 is 78.0 Å². The fraction of sp³-hybridized carbons (Fsp3) is 0.464. The first-order valence-electron chi connectivity index (χ1n) is 32.8. The van der Waals surface area contributed by atoms with Gasteiger partial charge in [0.15, 0.2) is 10.8 Å². The van der Waals surface area contributed by atoms with Crippen molar-refractivity contribution in [2.24, 2.45) is 22.0 Å². The van der Waals surface area contributed by atoms with E-state index >= 15 is 0 Å². The topological polar surface area (TPSA) is 367 Å². The van der Waals surface area contributed by atoms with E-state index < -0.39 is 60.6 Å². The average Bonchev–Trinajstić information content (AvgIpc) is 0.943. The molecule has 516 valence electrons. The number of aliphatic carboxylic acids is 1. The number of piperidine rings is 1. The maximum Gasteiger partial charge on any atom is 0.410 e. The number of benzene rings is 3. The number of carbonyl (C=O) groups excluding carboxylic acids is 2. The van der Waals surface area contributed by atoms with Gasteiger partial charge in [-0.3, -0.25) is 24.3 Å². The molecule has 6 heterocycles. The summed E-state index contributed by atoms with van der Waals surface area (Å²) in [5.41, 5.74) is 11.3. The lowest BCUT2D eigenvalue weighted by Gasteiger charge is -2.69. The van der Waals surface area contributed by atoms with Gasteiger partial charge in [0.2, 0.25) is 17.3 Å². The number of aliphatic hydroxyl groups excluding tert-OH is 3. The summed E-state index contributed by atoms with van der Waals surface area (Å²) in [6, 6.07) is 22.0. The molecule has 2 amide bonds. The summed E-state index contributed by atoms with van der Waals surface area (Å²) in [5.74, 6) is -6.70. The molecule has 2 unspecified atom stereocenters. The Labute approximate surface area is 564 Å². The molecule has 4 saturated carbocycles. The largest absolute Gasteiger partial charge is 0.503 e. The molecule has 0 spiro atoms. The van der Waals surface area contributed by atoms with Crippen LogP contribution in [-0.4, -0.2) is 172 Å². The van der Waals surface area contributed by atoms with Crippen LogP contribution in [0, 0.1) is 23.2 Å². The number of aromatic carboxylic acids is 1. The van der Waals surface area contributed by atoms with Crippen LogP contribution in [-0.2, 0) is 43.1 Å². The molecule has 4 aliphatic carbocycles. The first-order chi connectivity index (χ1) is 46.3. The molecule has 11 N–H and O–H groups in total. The van der Waals surface area contributed by atoms with E-state index in [-0.39, 0.29) is 58.8 Å². The zero-order chi connectivity index (χ0) is 68.6. The highest BCUT2D eigenvalue weighted by atomic mass is 32.1. The maximum absolute atomic E-state index is 13.8. The number of aliphatic hydroxyl groups is 3. The smallest absolute Gasteiger partial charge is 0.410 e. The van der Waals surface area contributed by atoms with Gasteiger partial charge in [-0.2, -0.15) is 5.10 Å². The molecule has 0 radical (unpaired) electrons. The Morgan fingerprint density at radius 2 is 1.65 bits per heavy atom. The molecule has 6 aromatic rings. The Morgan fingerprint density at radius 3 is 2.38 bits per heavy atom. The van der Waals surface area contributed by atoms with Crippen LogP contribution in [0.25, 0.3) is 27.4 Å². The van der Waals surface area contributed by atoms with Gasteiger partial charge in [-0.1, -0.05) is 61.6 Å². The quantitative estimate of drug-likeness (QED) is 0.0178. The molecule has 4 bridgehead atoms. The number of carboxylic acid groups (broad SMARTS) is 2. The Morgan fingerprint density at radius 1 is 0.876 bits per heavy atom. The fourth-order valence-corrected chi connectivity index (χ4v) is 18.1. The second kappa shape index (κ2) is 27.7. The Balaban J connectivity index is 0.668. The third kappa shape index (κ3) is 15.1. The van der Waals surface area contributed by atoms with Crippen LogP contribution in [0.2, 0.25) is 0 Å². The van der Waals surface area contributed by atoms with Crippen LogP contribution < -0.4 is 26.0 Å². The van der Waals surface area contributed by atoms with Gasteiger partial charge < -0.3 is 75.1 Å². The van der Waals surface area contributed by atoms with Crippen molar-refractivity contribution >= 4 is 75.8 Å². The van der Waals surface area contributed by atoms with Crippen molar-refractivity contribution in [2.75, 3.05) is 80.7 Å². The number of carboxylic acids is 2. The Hall–Kier alpha value is -8.56. The minimum atomic E-state index is -4.26. The molecule has 3 aromatic carbocycles. The lowest BCUT2D eigenvalue weighted by Crippen LogP contribution is -2.64. The van der Waals surface area contributed by atoms with E-state index in [0.29, 0.717) is 130 Å². The second-order valence-electron chi connectivity index (χ2n) is 27.5. The van der Waals surface area contributed by atoms with Crippen LogP contribution in [0.4, 0.5) is 21.4 Å². The summed E-state index contributed by atoms with van der Waals surface area (Å²) in [4.78, 5) is 87.1. The number of rotatable bonds is 26. The van der Waals surface area contributed by atoms with Gasteiger partial charge >= 0.3 is 31.9 Å². The van der Waals surface area contributed by atoms with E-state index in [9.17, 15) is 59.1 Å². The van der Waals surface area contributed by atoms with Gasteiger partial charge in [0, 0.05) is 74.2 Å².